The molecule has 1 aliphatic carbocycles. The predicted molar refractivity (Wildman–Crippen MR) is 100 cm³/mol. The molecule has 2 aromatic rings. The molecule has 1 aromatic heterocycles. The first kappa shape index (κ1) is 18.8. The van der Waals surface area contributed by atoms with Gasteiger partial charge in [0, 0.05) is 22.8 Å². The van der Waals surface area contributed by atoms with Crippen molar-refractivity contribution in [2.45, 2.75) is 12.8 Å². The Bertz CT molecular complexity index is 887. The number of amides is 1. The number of esters is 1. The first-order chi connectivity index (χ1) is 13.0. The molecule has 0 bridgehead atoms. The molecule has 3 rings (SSSR count). The van der Waals surface area contributed by atoms with Gasteiger partial charge in [0.15, 0.2) is 0 Å². The zero-order chi connectivity index (χ0) is 19.4. The summed E-state index contributed by atoms with van der Waals surface area (Å²) in [4.78, 5) is 36.4. The summed E-state index contributed by atoms with van der Waals surface area (Å²) in [7, 11) is 1.28. The molecule has 1 N–H and O–H groups in total. The van der Waals surface area contributed by atoms with E-state index in [0.717, 1.165) is 5.56 Å². The highest BCUT2D eigenvalue weighted by molar-refractivity contribution is 7.15. The number of benzene rings is 1. The van der Waals surface area contributed by atoms with E-state index in [0.29, 0.717) is 17.0 Å². The SMILES string of the molecule is COC(=O)c1c(-c2ccccc2)csc1NC(=O)C1CC=CCC1C(=O)[O-]. The summed E-state index contributed by atoms with van der Waals surface area (Å²) in [5.41, 5.74) is 1.74. The molecule has 0 spiro atoms. The lowest BCUT2D eigenvalue weighted by Crippen LogP contribution is -2.41. The van der Waals surface area contributed by atoms with Crippen LogP contribution < -0.4 is 10.4 Å². The molecule has 0 radical (unpaired) electrons. The molecular weight excluding hydrogens is 366 g/mol. The third kappa shape index (κ3) is 3.93. The number of anilines is 1. The number of ether oxygens (including phenoxy) is 1. The van der Waals surface area contributed by atoms with E-state index in [1.165, 1.54) is 18.4 Å². The number of thiophene rings is 1. The van der Waals surface area contributed by atoms with E-state index in [9.17, 15) is 19.5 Å². The van der Waals surface area contributed by atoms with Crippen molar-refractivity contribution in [3.63, 3.8) is 0 Å². The van der Waals surface area contributed by atoms with Crippen LogP contribution in [0.5, 0.6) is 0 Å². The Balaban J connectivity index is 1.92. The quantitative estimate of drug-likeness (QED) is 0.631. The van der Waals surface area contributed by atoms with E-state index >= 15 is 0 Å². The van der Waals surface area contributed by atoms with Crippen molar-refractivity contribution in [2.75, 3.05) is 12.4 Å². The number of allylic oxidation sites excluding steroid dienone is 2. The van der Waals surface area contributed by atoms with Gasteiger partial charge in [0.05, 0.1) is 13.0 Å². The van der Waals surface area contributed by atoms with E-state index < -0.39 is 29.7 Å². The number of nitrogens with one attached hydrogen (secondary N) is 1. The van der Waals surface area contributed by atoms with Gasteiger partial charge in [0.1, 0.15) is 10.6 Å². The molecule has 1 aromatic carbocycles. The molecule has 1 amide bonds. The fourth-order valence-electron chi connectivity index (χ4n) is 3.15. The number of carbonyl (C=O) groups excluding carboxylic acids is 3. The topological polar surface area (TPSA) is 95.5 Å². The van der Waals surface area contributed by atoms with Gasteiger partial charge in [-0.2, -0.15) is 0 Å². The van der Waals surface area contributed by atoms with Crippen molar-refractivity contribution in [2.24, 2.45) is 11.8 Å². The highest BCUT2D eigenvalue weighted by Crippen LogP contribution is 2.37. The van der Waals surface area contributed by atoms with Crippen molar-refractivity contribution < 1.29 is 24.2 Å². The van der Waals surface area contributed by atoms with Crippen LogP contribution in [0.4, 0.5) is 5.00 Å². The summed E-state index contributed by atoms with van der Waals surface area (Å²) in [6.07, 6.45) is 4.09. The molecule has 7 heteroatoms. The van der Waals surface area contributed by atoms with Gasteiger partial charge in [-0.1, -0.05) is 42.5 Å². The lowest BCUT2D eigenvalue weighted by Gasteiger charge is -2.28. The zero-order valence-electron chi connectivity index (χ0n) is 14.6. The van der Waals surface area contributed by atoms with Crippen molar-refractivity contribution in [1.82, 2.24) is 0 Å². The Morgan fingerprint density at radius 1 is 1.11 bits per heavy atom. The number of rotatable bonds is 5. The van der Waals surface area contributed by atoms with E-state index in [-0.39, 0.29) is 12.0 Å². The van der Waals surface area contributed by atoms with Gasteiger partial charge in [0.2, 0.25) is 5.91 Å². The molecule has 140 valence electrons. The summed E-state index contributed by atoms with van der Waals surface area (Å²) in [5, 5.41) is 16.2. The maximum atomic E-state index is 12.7. The predicted octanol–water partition coefficient (Wildman–Crippen LogP) is 2.47. The van der Waals surface area contributed by atoms with Crippen LogP contribution in [0, 0.1) is 11.8 Å². The largest absolute Gasteiger partial charge is 0.550 e. The van der Waals surface area contributed by atoms with Gasteiger partial charge < -0.3 is 20.0 Å². The number of methoxy groups -OCH3 is 1. The van der Waals surface area contributed by atoms with Crippen molar-refractivity contribution in [3.8, 4) is 11.1 Å². The van der Waals surface area contributed by atoms with Crippen LogP contribution in [0.2, 0.25) is 0 Å². The lowest BCUT2D eigenvalue weighted by molar-refractivity contribution is -0.313. The van der Waals surface area contributed by atoms with Crippen molar-refractivity contribution in [1.29, 1.82) is 0 Å². The van der Waals surface area contributed by atoms with E-state index in [4.69, 9.17) is 4.74 Å². The number of carbonyl (C=O) groups is 3. The summed E-state index contributed by atoms with van der Waals surface area (Å²) < 4.78 is 4.88. The first-order valence-electron chi connectivity index (χ1n) is 8.45. The third-order valence-corrected chi connectivity index (χ3v) is 5.47. The summed E-state index contributed by atoms with van der Waals surface area (Å²) in [6.45, 7) is 0. The van der Waals surface area contributed by atoms with E-state index in [1.54, 1.807) is 17.5 Å². The average Bonchev–Trinajstić information content (AvgIpc) is 3.11. The van der Waals surface area contributed by atoms with Crippen LogP contribution in [-0.4, -0.2) is 25.0 Å². The Morgan fingerprint density at radius 2 is 1.78 bits per heavy atom. The Morgan fingerprint density at radius 3 is 2.41 bits per heavy atom. The highest BCUT2D eigenvalue weighted by Gasteiger charge is 2.31. The minimum absolute atomic E-state index is 0.254. The molecular formula is C20H18NO5S-. The normalized spacial score (nSPS) is 18.7. The maximum Gasteiger partial charge on any atom is 0.341 e. The van der Waals surface area contributed by atoms with Gasteiger partial charge >= 0.3 is 5.97 Å². The fourth-order valence-corrected chi connectivity index (χ4v) is 4.11. The fraction of sp³-hybridized carbons (Fsp3) is 0.250. The number of hydrogen-bond acceptors (Lipinski definition) is 6. The summed E-state index contributed by atoms with van der Waals surface area (Å²) in [6, 6.07) is 9.29. The lowest BCUT2D eigenvalue weighted by atomic mass is 9.82. The zero-order valence-corrected chi connectivity index (χ0v) is 15.5. The standard InChI is InChI=1S/C20H19NO5S/c1-26-20(25)16-15(12-7-3-2-4-8-12)11-27-18(16)21-17(22)13-9-5-6-10-14(13)19(23)24/h2-8,11,13-14H,9-10H2,1H3,(H,21,22)(H,23,24)/p-1. The van der Waals surface area contributed by atoms with Crippen molar-refractivity contribution in [3.05, 3.63) is 53.4 Å². The monoisotopic (exact) mass is 384 g/mol. The second kappa shape index (κ2) is 8.18. The van der Waals surface area contributed by atoms with Crippen LogP contribution >= 0.6 is 11.3 Å². The number of hydrogen-bond donors (Lipinski definition) is 1. The van der Waals surface area contributed by atoms with Gasteiger partial charge in [0.25, 0.3) is 0 Å². The second-order valence-electron chi connectivity index (χ2n) is 6.18. The minimum atomic E-state index is -1.25. The molecule has 0 saturated carbocycles. The first-order valence-corrected chi connectivity index (χ1v) is 9.32. The van der Waals surface area contributed by atoms with Gasteiger partial charge in [-0.05, 0) is 18.4 Å². The molecule has 2 unspecified atom stereocenters. The Kier molecular flexibility index (Phi) is 5.71. The van der Waals surface area contributed by atoms with Gasteiger partial charge in [-0.3, -0.25) is 4.79 Å². The Labute approximate surface area is 160 Å². The Hall–Kier alpha value is -2.93. The maximum absolute atomic E-state index is 12.7. The highest BCUT2D eigenvalue weighted by atomic mass is 32.1. The molecule has 2 atom stereocenters. The second-order valence-corrected chi connectivity index (χ2v) is 7.05. The molecule has 27 heavy (non-hydrogen) atoms. The number of carboxylic acids is 1. The molecule has 1 heterocycles. The van der Waals surface area contributed by atoms with Crippen LogP contribution in [0.25, 0.3) is 11.1 Å². The van der Waals surface area contributed by atoms with Gasteiger partial charge in [-0.25, -0.2) is 4.79 Å². The third-order valence-electron chi connectivity index (χ3n) is 4.57. The van der Waals surface area contributed by atoms with Crippen LogP contribution in [0.1, 0.15) is 23.2 Å². The molecule has 0 fully saturated rings. The molecule has 0 saturated heterocycles. The van der Waals surface area contributed by atoms with Crippen LogP contribution in [0.3, 0.4) is 0 Å². The molecule has 6 nitrogen and oxygen atoms in total. The molecule has 0 aliphatic heterocycles. The van der Waals surface area contributed by atoms with E-state index in [1.807, 2.05) is 30.3 Å². The van der Waals surface area contributed by atoms with Crippen molar-refractivity contribution >= 4 is 34.2 Å². The summed E-state index contributed by atoms with van der Waals surface area (Å²) >= 11 is 1.20. The minimum Gasteiger partial charge on any atom is -0.550 e. The van der Waals surface area contributed by atoms with Gasteiger partial charge in [-0.15, -0.1) is 11.3 Å². The van der Waals surface area contributed by atoms with Crippen LogP contribution in [0.15, 0.2) is 47.9 Å². The summed E-state index contributed by atoms with van der Waals surface area (Å²) in [5.74, 6) is -3.88. The smallest absolute Gasteiger partial charge is 0.341 e. The number of carboxylic acid groups (broad SMARTS) is 1. The van der Waals surface area contributed by atoms with E-state index in [2.05, 4.69) is 5.32 Å². The number of aliphatic carboxylic acids is 1. The van der Waals surface area contributed by atoms with Crippen LogP contribution in [-0.2, 0) is 14.3 Å². The average molecular weight is 384 g/mol. The molecule has 1 aliphatic rings.